The molecule has 0 bridgehead atoms. The van der Waals surface area contributed by atoms with Crippen LogP contribution in [0.4, 0.5) is 0 Å². The van der Waals surface area contributed by atoms with Crippen LogP contribution in [0.3, 0.4) is 0 Å². The zero-order valence-electron chi connectivity index (χ0n) is 12.7. The molecule has 2 rings (SSSR count). The molecule has 2 atom stereocenters. The van der Waals surface area contributed by atoms with Crippen molar-refractivity contribution in [2.24, 2.45) is 5.73 Å². The lowest BCUT2D eigenvalue weighted by atomic mass is 10.0. The molecule has 2 N–H and O–H groups in total. The van der Waals surface area contributed by atoms with Gasteiger partial charge in [0.15, 0.2) is 0 Å². The first kappa shape index (κ1) is 15.3. The van der Waals surface area contributed by atoms with E-state index >= 15 is 0 Å². The zero-order chi connectivity index (χ0) is 14.4. The van der Waals surface area contributed by atoms with Gasteiger partial charge >= 0.3 is 0 Å². The van der Waals surface area contributed by atoms with Gasteiger partial charge in [-0.1, -0.05) is 24.6 Å². The molecule has 0 amide bonds. The second-order valence-corrected chi connectivity index (χ2v) is 5.76. The Morgan fingerprint density at radius 3 is 3.00 bits per heavy atom. The summed E-state index contributed by atoms with van der Waals surface area (Å²) in [6.07, 6.45) is 5.60. The molecule has 3 nitrogen and oxygen atoms in total. The molecule has 1 fully saturated rings. The molecule has 1 aliphatic heterocycles. The van der Waals surface area contributed by atoms with Gasteiger partial charge in [-0.2, -0.15) is 0 Å². The quantitative estimate of drug-likeness (QED) is 0.832. The minimum absolute atomic E-state index is 0.206. The number of nitrogens with two attached hydrogens (primary N) is 1. The number of rotatable bonds is 7. The highest BCUT2D eigenvalue weighted by Gasteiger charge is 2.15. The number of hydrogen-bond donors (Lipinski definition) is 1. The lowest BCUT2D eigenvalue weighted by Crippen LogP contribution is -2.22. The van der Waals surface area contributed by atoms with Crippen LogP contribution in [0.1, 0.15) is 43.7 Å². The molecule has 20 heavy (non-hydrogen) atoms. The van der Waals surface area contributed by atoms with Gasteiger partial charge in [0, 0.05) is 19.1 Å². The first-order valence-corrected chi connectivity index (χ1v) is 7.78. The largest absolute Gasteiger partial charge is 0.493 e. The van der Waals surface area contributed by atoms with Gasteiger partial charge in [-0.05, 0) is 44.2 Å². The van der Waals surface area contributed by atoms with Crippen LogP contribution in [0.25, 0.3) is 0 Å². The van der Waals surface area contributed by atoms with E-state index in [9.17, 15) is 0 Å². The maximum Gasteiger partial charge on any atom is 0.122 e. The molecule has 1 aromatic carbocycles. The summed E-state index contributed by atoms with van der Waals surface area (Å²) in [6.45, 7) is 5.86. The highest BCUT2D eigenvalue weighted by Crippen LogP contribution is 2.23. The summed E-state index contributed by atoms with van der Waals surface area (Å²) in [6, 6.07) is 6.57. The van der Waals surface area contributed by atoms with Gasteiger partial charge in [-0.3, -0.25) is 0 Å². The highest BCUT2D eigenvalue weighted by atomic mass is 16.5. The highest BCUT2D eigenvalue weighted by molar-refractivity contribution is 5.37. The van der Waals surface area contributed by atoms with Gasteiger partial charge in [0.05, 0.1) is 12.7 Å². The topological polar surface area (TPSA) is 44.5 Å². The van der Waals surface area contributed by atoms with Crippen LogP contribution < -0.4 is 10.5 Å². The van der Waals surface area contributed by atoms with Gasteiger partial charge in [-0.25, -0.2) is 0 Å². The maximum atomic E-state index is 6.08. The van der Waals surface area contributed by atoms with Crippen LogP contribution in [0.2, 0.25) is 0 Å². The van der Waals surface area contributed by atoms with E-state index in [1.54, 1.807) is 0 Å². The first-order chi connectivity index (χ1) is 9.69. The van der Waals surface area contributed by atoms with Crippen LogP contribution >= 0.6 is 0 Å². The third-order valence-electron chi connectivity index (χ3n) is 3.94. The van der Waals surface area contributed by atoms with E-state index in [0.29, 0.717) is 6.10 Å². The van der Waals surface area contributed by atoms with Crippen molar-refractivity contribution in [2.45, 2.75) is 58.1 Å². The van der Waals surface area contributed by atoms with E-state index < -0.39 is 0 Å². The standard InChI is InChI=1S/C17H27NO2/c1-3-15(18)12-14-11-13(2)6-7-17(14)20-10-8-16-5-4-9-19-16/h6-7,11,15-16H,3-5,8-10,12,18H2,1-2H3. The van der Waals surface area contributed by atoms with Crippen LogP contribution in [-0.4, -0.2) is 25.4 Å². The minimum Gasteiger partial charge on any atom is -0.493 e. The number of aryl methyl sites for hydroxylation is 1. The SMILES string of the molecule is CCC(N)Cc1cc(C)ccc1OCCC1CCCO1. The minimum atomic E-state index is 0.206. The second kappa shape index (κ2) is 7.65. The Balaban J connectivity index is 1.91. The van der Waals surface area contributed by atoms with E-state index in [4.69, 9.17) is 15.2 Å². The lowest BCUT2D eigenvalue weighted by Gasteiger charge is -2.16. The third-order valence-corrected chi connectivity index (χ3v) is 3.94. The molecule has 3 heteroatoms. The van der Waals surface area contributed by atoms with Crippen molar-refractivity contribution in [3.8, 4) is 5.75 Å². The molecule has 1 aromatic rings. The third kappa shape index (κ3) is 4.50. The van der Waals surface area contributed by atoms with Gasteiger partial charge < -0.3 is 15.2 Å². The van der Waals surface area contributed by atoms with E-state index in [2.05, 4.69) is 32.0 Å². The molecule has 2 unspecified atom stereocenters. The molecule has 112 valence electrons. The van der Waals surface area contributed by atoms with Crippen molar-refractivity contribution in [2.75, 3.05) is 13.2 Å². The average molecular weight is 277 g/mol. The molecular weight excluding hydrogens is 250 g/mol. The maximum absolute atomic E-state index is 6.08. The van der Waals surface area contributed by atoms with Crippen molar-refractivity contribution in [1.29, 1.82) is 0 Å². The van der Waals surface area contributed by atoms with Gasteiger partial charge in [0.1, 0.15) is 5.75 Å². The summed E-state index contributed by atoms with van der Waals surface area (Å²) in [4.78, 5) is 0. The molecule has 1 saturated heterocycles. The van der Waals surface area contributed by atoms with E-state index in [1.165, 1.54) is 24.0 Å². The molecule has 1 heterocycles. The smallest absolute Gasteiger partial charge is 0.122 e. The molecule has 0 aromatic heterocycles. The molecule has 0 saturated carbocycles. The van der Waals surface area contributed by atoms with Crippen molar-refractivity contribution >= 4 is 0 Å². The molecule has 0 aliphatic carbocycles. The summed E-state index contributed by atoms with van der Waals surface area (Å²) >= 11 is 0. The molecule has 0 spiro atoms. The number of benzene rings is 1. The van der Waals surface area contributed by atoms with Crippen molar-refractivity contribution in [3.05, 3.63) is 29.3 Å². The van der Waals surface area contributed by atoms with Crippen LogP contribution in [0.5, 0.6) is 5.75 Å². The van der Waals surface area contributed by atoms with Gasteiger partial charge in [0.25, 0.3) is 0 Å². The molecule has 0 radical (unpaired) electrons. The first-order valence-electron chi connectivity index (χ1n) is 7.78. The summed E-state index contributed by atoms with van der Waals surface area (Å²) in [5.41, 5.74) is 8.56. The Hall–Kier alpha value is -1.06. The Bertz CT molecular complexity index is 413. The van der Waals surface area contributed by atoms with Crippen molar-refractivity contribution < 1.29 is 9.47 Å². The molecular formula is C17H27NO2. The fourth-order valence-electron chi connectivity index (χ4n) is 2.61. The van der Waals surface area contributed by atoms with Crippen molar-refractivity contribution in [3.63, 3.8) is 0 Å². The lowest BCUT2D eigenvalue weighted by molar-refractivity contribution is 0.0902. The normalized spacial score (nSPS) is 20.1. The zero-order valence-corrected chi connectivity index (χ0v) is 12.7. The summed E-state index contributed by atoms with van der Waals surface area (Å²) in [5.74, 6) is 0.984. The summed E-state index contributed by atoms with van der Waals surface area (Å²) in [5, 5.41) is 0. The summed E-state index contributed by atoms with van der Waals surface area (Å²) < 4.78 is 11.6. The van der Waals surface area contributed by atoms with Crippen LogP contribution in [-0.2, 0) is 11.2 Å². The predicted octanol–water partition coefficient (Wildman–Crippen LogP) is 3.22. The van der Waals surface area contributed by atoms with E-state index in [-0.39, 0.29) is 6.04 Å². The van der Waals surface area contributed by atoms with E-state index in [1.807, 2.05) is 0 Å². The van der Waals surface area contributed by atoms with Crippen LogP contribution in [0.15, 0.2) is 18.2 Å². The van der Waals surface area contributed by atoms with Crippen LogP contribution in [0, 0.1) is 6.92 Å². The fourth-order valence-corrected chi connectivity index (χ4v) is 2.61. The number of ether oxygens (including phenoxy) is 2. The summed E-state index contributed by atoms with van der Waals surface area (Å²) in [7, 11) is 0. The Labute approximate surface area is 122 Å². The Morgan fingerprint density at radius 2 is 2.30 bits per heavy atom. The fraction of sp³-hybridized carbons (Fsp3) is 0.647. The Kier molecular flexibility index (Phi) is 5.86. The molecule has 1 aliphatic rings. The number of hydrogen-bond acceptors (Lipinski definition) is 3. The van der Waals surface area contributed by atoms with E-state index in [0.717, 1.165) is 38.2 Å². The van der Waals surface area contributed by atoms with Gasteiger partial charge in [-0.15, -0.1) is 0 Å². The predicted molar refractivity (Wildman–Crippen MR) is 82.2 cm³/mol. The van der Waals surface area contributed by atoms with Crippen molar-refractivity contribution in [1.82, 2.24) is 0 Å². The monoisotopic (exact) mass is 277 g/mol. The second-order valence-electron chi connectivity index (χ2n) is 5.76. The Morgan fingerprint density at radius 1 is 1.45 bits per heavy atom. The van der Waals surface area contributed by atoms with Gasteiger partial charge in [0.2, 0.25) is 0 Å². The average Bonchev–Trinajstić information content (AvgIpc) is 2.94.